The molecule has 6 rings (SSSR count). The normalized spacial score (nSPS) is 19.8. The number of amides is 3. The van der Waals surface area contributed by atoms with E-state index in [9.17, 15) is 19.5 Å². The summed E-state index contributed by atoms with van der Waals surface area (Å²) in [5.74, 6) is -0.435. The molecule has 0 radical (unpaired) electrons. The van der Waals surface area contributed by atoms with Gasteiger partial charge in [0, 0.05) is 42.1 Å². The second-order valence-electron chi connectivity index (χ2n) is 11.4. The van der Waals surface area contributed by atoms with Crippen molar-refractivity contribution in [3.8, 4) is 5.75 Å². The fourth-order valence-corrected chi connectivity index (χ4v) is 6.63. The molecule has 3 aromatic carbocycles. The van der Waals surface area contributed by atoms with Gasteiger partial charge in [-0.3, -0.25) is 24.4 Å². The van der Waals surface area contributed by atoms with Gasteiger partial charge in [-0.25, -0.2) is 5.01 Å². The van der Waals surface area contributed by atoms with Crippen LogP contribution in [0.1, 0.15) is 36.1 Å². The molecule has 4 aromatic rings. The number of likely N-dealkylation sites (N-methyl/N-ethyl adjacent to an activating group) is 1. The number of nitrogens with zero attached hydrogens (tertiary/aromatic N) is 5. The summed E-state index contributed by atoms with van der Waals surface area (Å²) < 4.78 is 0. The molecule has 1 aromatic heterocycles. The van der Waals surface area contributed by atoms with Gasteiger partial charge in [0.05, 0.1) is 24.6 Å². The highest BCUT2D eigenvalue weighted by Crippen LogP contribution is 2.36. The van der Waals surface area contributed by atoms with E-state index in [1.807, 2.05) is 61.5 Å². The molecule has 2 aliphatic heterocycles. The maximum absolute atomic E-state index is 14.4. The van der Waals surface area contributed by atoms with Crippen molar-refractivity contribution in [1.29, 1.82) is 0 Å². The summed E-state index contributed by atoms with van der Waals surface area (Å²) in [7, 11) is 1.74. The predicted molar refractivity (Wildman–Crippen MR) is 167 cm³/mol. The van der Waals surface area contributed by atoms with Crippen molar-refractivity contribution in [1.82, 2.24) is 24.8 Å². The number of aromatic hydroxyl groups is 1. The highest BCUT2D eigenvalue weighted by Gasteiger charge is 2.51. The summed E-state index contributed by atoms with van der Waals surface area (Å²) >= 11 is 6.49. The van der Waals surface area contributed by atoms with E-state index in [2.05, 4.69) is 4.98 Å². The van der Waals surface area contributed by atoms with E-state index >= 15 is 0 Å². The highest BCUT2D eigenvalue weighted by molar-refractivity contribution is 6.35. The molecule has 0 saturated carbocycles. The number of aromatic nitrogens is 1. The minimum atomic E-state index is -0.849. The Kier molecular flexibility index (Phi) is 8.25. The lowest BCUT2D eigenvalue weighted by atomic mass is 9.95. The van der Waals surface area contributed by atoms with Gasteiger partial charge in [0.2, 0.25) is 17.7 Å². The molecule has 0 spiro atoms. The van der Waals surface area contributed by atoms with Crippen LogP contribution in [-0.2, 0) is 27.2 Å². The van der Waals surface area contributed by atoms with E-state index in [-0.39, 0.29) is 49.4 Å². The van der Waals surface area contributed by atoms with Crippen molar-refractivity contribution in [2.24, 2.45) is 0 Å². The average Bonchev–Trinajstić information content (AvgIpc) is 3.02. The lowest BCUT2D eigenvalue weighted by Crippen LogP contribution is -2.75. The van der Waals surface area contributed by atoms with E-state index in [0.717, 1.165) is 22.1 Å². The standard InChI is InChI=1S/C34H34ClN5O4/c1-22(26-15-16-28(35)27-9-6-18-36-33(26)27)38-20-30-39(29(34(38)44)19-24-10-13-25(41)14-11-24)32(43)21-37(2)40(30)31(42)17-12-23-7-4-3-5-8-23/h3-11,13-16,18,22,29-30,41H,12,17,19-21H2,1-2H3/t22-,29-,30?/m0/s1. The Morgan fingerprint density at radius 2 is 1.75 bits per heavy atom. The molecule has 1 N–H and O–H groups in total. The number of carbonyl (C=O) groups is 3. The van der Waals surface area contributed by atoms with Crippen LogP contribution in [0.5, 0.6) is 5.75 Å². The predicted octanol–water partition coefficient (Wildman–Crippen LogP) is 4.58. The third kappa shape index (κ3) is 5.60. The molecule has 3 amide bonds. The van der Waals surface area contributed by atoms with Crippen LogP contribution in [0.3, 0.4) is 0 Å². The minimum Gasteiger partial charge on any atom is -0.508 e. The molecule has 3 heterocycles. The number of aryl methyl sites for hydroxylation is 1. The molecule has 2 saturated heterocycles. The van der Waals surface area contributed by atoms with Crippen LogP contribution >= 0.6 is 11.6 Å². The number of carbonyl (C=O) groups excluding carboxylic acids is 3. The number of pyridine rings is 1. The van der Waals surface area contributed by atoms with Crippen LogP contribution in [0.2, 0.25) is 5.02 Å². The summed E-state index contributed by atoms with van der Waals surface area (Å²) in [6, 6.07) is 22.6. The summed E-state index contributed by atoms with van der Waals surface area (Å²) in [6.07, 6.45) is 2.05. The topological polar surface area (TPSA) is 97.3 Å². The van der Waals surface area contributed by atoms with Crippen molar-refractivity contribution in [3.63, 3.8) is 0 Å². The van der Waals surface area contributed by atoms with Crippen molar-refractivity contribution in [3.05, 3.63) is 107 Å². The van der Waals surface area contributed by atoms with E-state index in [0.29, 0.717) is 17.0 Å². The van der Waals surface area contributed by atoms with Gasteiger partial charge in [-0.1, -0.05) is 60.1 Å². The number of phenols is 1. The molecular formula is C34H34ClN5O4. The molecule has 2 fully saturated rings. The monoisotopic (exact) mass is 611 g/mol. The van der Waals surface area contributed by atoms with Crippen LogP contribution in [0.4, 0.5) is 0 Å². The van der Waals surface area contributed by atoms with Crippen LogP contribution in [-0.4, -0.2) is 80.0 Å². The minimum absolute atomic E-state index is 0.0196. The first-order valence-electron chi connectivity index (χ1n) is 14.7. The number of fused-ring (bicyclic) bond motifs is 2. The Morgan fingerprint density at radius 1 is 1.00 bits per heavy atom. The average molecular weight is 612 g/mol. The van der Waals surface area contributed by atoms with Gasteiger partial charge in [0.15, 0.2) is 0 Å². The summed E-state index contributed by atoms with van der Waals surface area (Å²) in [4.78, 5) is 49.9. The van der Waals surface area contributed by atoms with Gasteiger partial charge in [-0.15, -0.1) is 0 Å². The van der Waals surface area contributed by atoms with Crippen LogP contribution in [0, 0.1) is 0 Å². The quantitative estimate of drug-likeness (QED) is 0.329. The van der Waals surface area contributed by atoms with Crippen molar-refractivity contribution < 1.29 is 19.5 Å². The molecule has 0 aliphatic carbocycles. The van der Waals surface area contributed by atoms with E-state index in [1.165, 1.54) is 0 Å². The molecule has 3 atom stereocenters. The maximum Gasteiger partial charge on any atom is 0.246 e. The third-order valence-corrected chi connectivity index (χ3v) is 8.97. The molecule has 0 bridgehead atoms. The number of halogens is 1. The number of phenolic OH excluding ortho intramolecular Hbond substituents is 1. The molecule has 226 valence electrons. The fourth-order valence-electron chi connectivity index (χ4n) is 6.41. The first kappa shape index (κ1) is 29.6. The van der Waals surface area contributed by atoms with Crippen molar-refractivity contribution in [2.45, 2.75) is 44.4 Å². The lowest BCUT2D eigenvalue weighted by Gasteiger charge is -2.55. The molecule has 9 nitrogen and oxygen atoms in total. The number of hydrogen-bond donors (Lipinski definition) is 1. The first-order valence-corrected chi connectivity index (χ1v) is 15.1. The molecule has 2 aliphatic rings. The zero-order valence-corrected chi connectivity index (χ0v) is 25.4. The van der Waals surface area contributed by atoms with Gasteiger partial charge in [-0.05, 0) is 54.8 Å². The maximum atomic E-state index is 14.4. The first-order chi connectivity index (χ1) is 21.2. The summed E-state index contributed by atoms with van der Waals surface area (Å²) in [5.41, 5.74) is 3.37. The smallest absolute Gasteiger partial charge is 0.246 e. The second kappa shape index (κ2) is 12.3. The Hall–Kier alpha value is -4.47. The largest absolute Gasteiger partial charge is 0.508 e. The van der Waals surface area contributed by atoms with Crippen LogP contribution in [0.25, 0.3) is 10.9 Å². The number of benzene rings is 3. The summed E-state index contributed by atoms with van der Waals surface area (Å²) in [5, 5.41) is 14.5. The van der Waals surface area contributed by atoms with E-state index in [1.54, 1.807) is 57.3 Å². The number of piperazine rings is 1. The highest BCUT2D eigenvalue weighted by atomic mass is 35.5. The number of rotatable bonds is 7. The van der Waals surface area contributed by atoms with E-state index < -0.39 is 18.2 Å². The third-order valence-electron chi connectivity index (χ3n) is 8.64. The Bertz CT molecular complexity index is 1700. The molecule has 44 heavy (non-hydrogen) atoms. The van der Waals surface area contributed by atoms with Gasteiger partial charge in [-0.2, -0.15) is 0 Å². The zero-order valence-electron chi connectivity index (χ0n) is 24.6. The Labute approximate surface area is 261 Å². The molecule has 1 unspecified atom stereocenters. The summed E-state index contributed by atoms with van der Waals surface area (Å²) in [6.45, 7) is 2.06. The van der Waals surface area contributed by atoms with E-state index in [4.69, 9.17) is 11.6 Å². The fraction of sp³-hybridized carbons (Fsp3) is 0.294. The zero-order chi connectivity index (χ0) is 31.0. The van der Waals surface area contributed by atoms with Gasteiger partial charge in [0.1, 0.15) is 18.0 Å². The molecular weight excluding hydrogens is 578 g/mol. The van der Waals surface area contributed by atoms with Crippen LogP contribution < -0.4 is 0 Å². The van der Waals surface area contributed by atoms with Crippen molar-refractivity contribution >= 4 is 40.2 Å². The Morgan fingerprint density at radius 3 is 2.50 bits per heavy atom. The number of hydrogen-bond acceptors (Lipinski definition) is 6. The van der Waals surface area contributed by atoms with Gasteiger partial charge >= 0.3 is 0 Å². The SMILES string of the molecule is C[C@@H](c1ccc(Cl)c2cccnc12)N1CC2N(C(=O)CN(C)N2C(=O)CCc2ccccc2)[C@@H](Cc2ccc(O)cc2)C1=O. The number of hydrazine groups is 1. The second-order valence-corrected chi connectivity index (χ2v) is 11.8. The Balaban J connectivity index is 1.38. The van der Waals surface area contributed by atoms with Gasteiger partial charge in [0.25, 0.3) is 0 Å². The van der Waals surface area contributed by atoms with Crippen molar-refractivity contribution in [2.75, 3.05) is 20.1 Å². The van der Waals surface area contributed by atoms with Crippen LogP contribution in [0.15, 0.2) is 85.1 Å². The molecule has 10 heteroatoms. The lowest BCUT2D eigenvalue weighted by molar-refractivity contribution is -0.204. The van der Waals surface area contributed by atoms with Gasteiger partial charge < -0.3 is 14.9 Å².